The molecule has 2 aromatic rings. The number of hydrazine groups is 1. The van der Waals surface area contributed by atoms with E-state index in [4.69, 9.17) is 10.6 Å². The van der Waals surface area contributed by atoms with E-state index in [1.807, 2.05) is 26.0 Å². The molecule has 0 amide bonds. The highest BCUT2D eigenvalue weighted by Crippen LogP contribution is 2.21. The van der Waals surface area contributed by atoms with E-state index >= 15 is 0 Å². The molecule has 3 N–H and O–H groups in total. The highest BCUT2D eigenvalue weighted by molar-refractivity contribution is 5.47. The van der Waals surface area contributed by atoms with Crippen molar-refractivity contribution in [2.24, 2.45) is 5.84 Å². The van der Waals surface area contributed by atoms with Gasteiger partial charge in [0.15, 0.2) is 0 Å². The van der Waals surface area contributed by atoms with Gasteiger partial charge in [0.25, 0.3) is 0 Å². The molecule has 0 aromatic carbocycles. The minimum absolute atomic E-state index is 0.601. The number of aryl methyl sites for hydroxylation is 2. The van der Waals surface area contributed by atoms with Crippen molar-refractivity contribution in [3.63, 3.8) is 0 Å². The Morgan fingerprint density at radius 3 is 2.67 bits per heavy atom. The zero-order valence-electron chi connectivity index (χ0n) is 12.5. The van der Waals surface area contributed by atoms with Gasteiger partial charge in [-0.25, -0.2) is 10.8 Å². The van der Waals surface area contributed by atoms with Crippen molar-refractivity contribution in [1.82, 2.24) is 15.0 Å². The standard InChI is InChI=1S/C15H21N5O/c1-3-13-18-14(20-16)11(2)15(19-13)21-10-4-5-12-6-8-17-9-7-12/h6-9H,3-5,10,16H2,1-2H3,(H,18,19,20). The number of nitrogen functional groups attached to an aromatic ring is 1. The Morgan fingerprint density at radius 2 is 2.00 bits per heavy atom. The molecule has 0 aliphatic carbocycles. The molecule has 0 aliphatic heterocycles. The van der Waals surface area contributed by atoms with Crippen molar-refractivity contribution in [1.29, 1.82) is 0 Å². The maximum atomic E-state index is 5.78. The number of aromatic nitrogens is 3. The summed E-state index contributed by atoms with van der Waals surface area (Å²) < 4.78 is 5.78. The Kier molecular flexibility index (Phi) is 5.45. The number of rotatable bonds is 7. The van der Waals surface area contributed by atoms with Crippen LogP contribution in [0, 0.1) is 6.92 Å². The van der Waals surface area contributed by atoms with Gasteiger partial charge < -0.3 is 10.2 Å². The summed E-state index contributed by atoms with van der Waals surface area (Å²) in [5, 5.41) is 0. The molecule has 0 spiro atoms. The number of anilines is 1. The van der Waals surface area contributed by atoms with Gasteiger partial charge in [0.2, 0.25) is 5.88 Å². The number of pyridine rings is 1. The molecule has 0 bridgehead atoms. The monoisotopic (exact) mass is 287 g/mol. The zero-order valence-corrected chi connectivity index (χ0v) is 12.5. The lowest BCUT2D eigenvalue weighted by Crippen LogP contribution is -2.14. The second kappa shape index (κ2) is 7.54. The average Bonchev–Trinajstić information content (AvgIpc) is 2.54. The first-order valence-corrected chi connectivity index (χ1v) is 7.10. The predicted octanol–water partition coefficient (Wildman–Crippen LogP) is 2.04. The predicted molar refractivity (Wildman–Crippen MR) is 82.0 cm³/mol. The number of hydrogen-bond donors (Lipinski definition) is 2. The SMILES string of the molecule is CCc1nc(NN)c(C)c(OCCCc2ccncc2)n1. The van der Waals surface area contributed by atoms with Gasteiger partial charge in [0.1, 0.15) is 11.6 Å². The Balaban J connectivity index is 1.93. The van der Waals surface area contributed by atoms with Crippen LogP contribution >= 0.6 is 0 Å². The van der Waals surface area contributed by atoms with Crippen LogP contribution < -0.4 is 16.0 Å². The van der Waals surface area contributed by atoms with Gasteiger partial charge in [-0.3, -0.25) is 4.98 Å². The highest BCUT2D eigenvalue weighted by atomic mass is 16.5. The quantitative estimate of drug-likeness (QED) is 0.460. The van der Waals surface area contributed by atoms with Crippen LogP contribution in [0.5, 0.6) is 5.88 Å². The van der Waals surface area contributed by atoms with Gasteiger partial charge in [0, 0.05) is 18.8 Å². The number of ether oxygens (including phenoxy) is 1. The highest BCUT2D eigenvalue weighted by Gasteiger charge is 2.10. The van der Waals surface area contributed by atoms with E-state index in [2.05, 4.69) is 20.4 Å². The lowest BCUT2D eigenvalue weighted by Gasteiger charge is -2.12. The molecule has 2 aromatic heterocycles. The van der Waals surface area contributed by atoms with E-state index in [9.17, 15) is 0 Å². The molecule has 0 saturated carbocycles. The largest absolute Gasteiger partial charge is 0.477 e. The summed E-state index contributed by atoms with van der Waals surface area (Å²) >= 11 is 0. The van der Waals surface area contributed by atoms with E-state index in [1.54, 1.807) is 12.4 Å². The van der Waals surface area contributed by atoms with Crippen molar-refractivity contribution < 1.29 is 4.74 Å². The van der Waals surface area contributed by atoms with Crippen molar-refractivity contribution in [2.75, 3.05) is 12.0 Å². The first-order valence-electron chi connectivity index (χ1n) is 7.10. The van der Waals surface area contributed by atoms with Crippen molar-refractivity contribution in [2.45, 2.75) is 33.1 Å². The van der Waals surface area contributed by atoms with Crippen LogP contribution in [-0.4, -0.2) is 21.6 Å². The summed E-state index contributed by atoms with van der Waals surface area (Å²) in [7, 11) is 0. The fourth-order valence-corrected chi connectivity index (χ4v) is 1.97. The molecule has 2 heterocycles. The first kappa shape index (κ1) is 15.2. The third kappa shape index (κ3) is 4.13. The molecule has 0 aliphatic rings. The third-order valence-corrected chi connectivity index (χ3v) is 3.20. The Bertz CT molecular complexity index is 574. The van der Waals surface area contributed by atoms with Crippen LogP contribution in [0.3, 0.4) is 0 Å². The first-order chi connectivity index (χ1) is 10.2. The second-order valence-electron chi connectivity index (χ2n) is 4.72. The molecule has 6 nitrogen and oxygen atoms in total. The van der Waals surface area contributed by atoms with Crippen LogP contribution in [0.4, 0.5) is 5.82 Å². The molecule has 0 atom stereocenters. The fourth-order valence-electron chi connectivity index (χ4n) is 1.97. The smallest absolute Gasteiger partial charge is 0.221 e. The molecular weight excluding hydrogens is 266 g/mol. The van der Waals surface area contributed by atoms with Crippen molar-refractivity contribution in [3.05, 3.63) is 41.5 Å². The summed E-state index contributed by atoms with van der Waals surface area (Å²) in [4.78, 5) is 12.7. The number of nitrogens with two attached hydrogens (primary N) is 1. The average molecular weight is 287 g/mol. The van der Waals surface area contributed by atoms with Crippen molar-refractivity contribution in [3.8, 4) is 5.88 Å². The Hall–Kier alpha value is -2.21. The lowest BCUT2D eigenvalue weighted by molar-refractivity contribution is 0.295. The topological polar surface area (TPSA) is 86.0 Å². The molecular formula is C15H21N5O. The van der Waals surface area contributed by atoms with Crippen LogP contribution in [0.1, 0.15) is 30.3 Å². The summed E-state index contributed by atoms with van der Waals surface area (Å²) in [5.41, 5.74) is 4.68. The van der Waals surface area contributed by atoms with E-state index in [1.165, 1.54) is 5.56 Å². The number of hydrogen-bond acceptors (Lipinski definition) is 6. The van der Waals surface area contributed by atoms with Gasteiger partial charge in [-0.2, -0.15) is 4.98 Å². The number of nitrogens with zero attached hydrogens (tertiary/aromatic N) is 3. The third-order valence-electron chi connectivity index (χ3n) is 3.20. The molecule has 6 heteroatoms. The zero-order chi connectivity index (χ0) is 15.1. The lowest BCUT2D eigenvalue weighted by atomic mass is 10.1. The molecule has 112 valence electrons. The van der Waals surface area contributed by atoms with Gasteiger partial charge >= 0.3 is 0 Å². The summed E-state index contributed by atoms with van der Waals surface area (Å²) in [5.74, 6) is 7.41. The van der Waals surface area contributed by atoms with Crippen molar-refractivity contribution >= 4 is 5.82 Å². The molecule has 0 fully saturated rings. The van der Waals surface area contributed by atoms with Gasteiger partial charge in [-0.15, -0.1) is 0 Å². The fraction of sp³-hybridized carbons (Fsp3) is 0.400. The normalized spacial score (nSPS) is 10.4. The van der Waals surface area contributed by atoms with E-state index in [0.717, 1.165) is 30.7 Å². The maximum absolute atomic E-state index is 5.78. The number of nitrogens with one attached hydrogen (secondary N) is 1. The van der Waals surface area contributed by atoms with Gasteiger partial charge in [-0.1, -0.05) is 6.92 Å². The minimum atomic E-state index is 0.601. The summed E-state index contributed by atoms with van der Waals surface area (Å²) in [6.45, 7) is 4.50. The van der Waals surface area contributed by atoms with Gasteiger partial charge in [0.05, 0.1) is 12.2 Å². The molecule has 0 unspecified atom stereocenters. The van der Waals surface area contributed by atoms with Crippen LogP contribution in [-0.2, 0) is 12.8 Å². The van der Waals surface area contributed by atoms with E-state index in [-0.39, 0.29) is 0 Å². The second-order valence-corrected chi connectivity index (χ2v) is 4.72. The van der Waals surface area contributed by atoms with Gasteiger partial charge in [-0.05, 0) is 37.5 Å². The minimum Gasteiger partial charge on any atom is -0.477 e. The maximum Gasteiger partial charge on any atom is 0.221 e. The van der Waals surface area contributed by atoms with Crippen LogP contribution in [0.25, 0.3) is 0 Å². The summed E-state index contributed by atoms with van der Waals surface area (Å²) in [6.07, 6.45) is 6.22. The Morgan fingerprint density at radius 1 is 1.24 bits per heavy atom. The van der Waals surface area contributed by atoms with E-state index in [0.29, 0.717) is 18.3 Å². The molecule has 2 rings (SSSR count). The molecule has 0 saturated heterocycles. The molecule has 0 radical (unpaired) electrons. The Labute approximate surface area is 124 Å². The van der Waals surface area contributed by atoms with Crippen LogP contribution in [0.2, 0.25) is 0 Å². The van der Waals surface area contributed by atoms with Crippen LogP contribution in [0.15, 0.2) is 24.5 Å². The molecule has 21 heavy (non-hydrogen) atoms. The summed E-state index contributed by atoms with van der Waals surface area (Å²) in [6, 6.07) is 4.03. The van der Waals surface area contributed by atoms with E-state index < -0.39 is 0 Å².